The minimum Gasteiger partial charge on any atom is -0.490 e. The molecule has 3 aromatic rings. The Labute approximate surface area is 230 Å². The molecule has 3 aromatic carbocycles. The second-order valence-electron chi connectivity index (χ2n) is 8.52. The Morgan fingerprint density at radius 3 is 2.39 bits per heavy atom. The second-order valence-corrected chi connectivity index (χ2v) is 9.44. The number of carbonyl (C=O) groups is 2. The van der Waals surface area contributed by atoms with Gasteiger partial charge in [-0.2, -0.15) is 0 Å². The molecule has 0 aliphatic carbocycles. The fraction of sp³-hybridized carbons (Fsp3) is 0.286. The lowest BCUT2D eigenvalue weighted by Crippen LogP contribution is -2.51. The second kappa shape index (κ2) is 14.1. The van der Waals surface area contributed by atoms with Gasteiger partial charge in [0.1, 0.15) is 11.8 Å². The van der Waals surface area contributed by atoms with Crippen molar-refractivity contribution in [1.82, 2.24) is 10.2 Å². The summed E-state index contributed by atoms with van der Waals surface area (Å²) in [4.78, 5) is 39.1. The highest BCUT2D eigenvalue weighted by Gasteiger charge is 2.30. The molecule has 0 saturated heterocycles. The van der Waals surface area contributed by atoms with Gasteiger partial charge in [-0.05, 0) is 35.7 Å². The Kier molecular flexibility index (Phi) is 10.7. The molecular weight excluding hydrogens is 554 g/mol. The van der Waals surface area contributed by atoms with Crippen LogP contribution in [-0.2, 0) is 22.6 Å². The quantitative estimate of drug-likeness (QED) is 0.226. The van der Waals surface area contributed by atoms with Crippen molar-refractivity contribution in [3.05, 3.63) is 98.5 Å². The van der Waals surface area contributed by atoms with E-state index in [2.05, 4.69) is 21.2 Å². The van der Waals surface area contributed by atoms with Crippen LogP contribution in [0.1, 0.15) is 24.5 Å². The third-order valence-corrected chi connectivity index (χ3v) is 6.33. The molecule has 3 rings (SSSR count). The summed E-state index contributed by atoms with van der Waals surface area (Å²) in [6.45, 7) is 2.27. The van der Waals surface area contributed by atoms with Gasteiger partial charge in [0.05, 0.1) is 12.0 Å². The first kappa shape index (κ1) is 28.6. The van der Waals surface area contributed by atoms with E-state index in [4.69, 9.17) is 9.47 Å². The number of rotatable bonds is 13. The maximum absolute atomic E-state index is 13.6. The van der Waals surface area contributed by atoms with Gasteiger partial charge in [-0.1, -0.05) is 65.3 Å². The van der Waals surface area contributed by atoms with E-state index >= 15 is 0 Å². The lowest BCUT2D eigenvalue weighted by Gasteiger charge is -2.31. The largest absolute Gasteiger partial charge is 0.490 e. The van der Waals surface area contributed by atoms with Crippen molar-refractivity contribution in [2.75, 3.05) is 20.3 Å². The van der Waals surface area contributed by atoms with Crippen LogP contribution in [0.25, 0.3) is 0 Å². The number of nitro groups is 1. The molecule has 10 heteroatoms. The number of nitrogens with zero attached hydrogens (tertiary/aromatic N) is 2. The molecule has 38 heavy (non-hydrogen) atoms. The third-order valence-electron chi connectivity index (χ3n) is 5.80. The molecule has 0 aromatic heterocycles. The molecule has 0 bridgehead atoms. The van der Waals surface area contributed by atoms with Gasteiger partial charge in [0.15, 0.2) is 6.61 Å². The molecule has 200 valence electrons. The molecule has 0 fully saturated rings. The van der Waals surface area contributed by atoms with Gasteiger partial charge in [-0.3, -0.25) is 19.7 Å². The van der Waals surface area contributed by atoms with Gasteiger partial charge in [-0.25, -0.2) is 0 Å². The number of nitrogens with one attached hydrogen (secondary N) is 1. The minimum atomic E-state index is -0.782. The SMILES string of the molecule is CCCNC(=O)[C@@H](Cc1ccccc1)N(Cc1ccc(Br)cc1)C(=O)COc1ccc([N+](=O)[O-])c(OC)c1. The lowest BCUT2D eigenvalue weighted by atomic mass is 10.0. The monoisotopic (exact) mass is 583 g/mol. The lowest BCUT2D eigenvalue weighted by molar-refractivity contribution is -0.385. The molecule has 1 N–H and O–H groups in total. The van der Waals surface area contributed by atoms with Crippen LogP contribution in [0.4, 0.5) is 5.69 Å². The van der Waals surface area contributed by atoms with Crippen LogP contribution < -0.4 is 14.8 Å². The number of carbonyl (C=O) groups excluding carboxylic acids is 2. The van der Waals surface area contributed by atoms with Crippen molar-refractivity contribution < 1.29 is 24.0 Å². The van der Waals surface area contributed by atoms with E-state index in [0.29, 0.717) is 13.0 Å². The molecule has 0 heterocycles. The highest BCUT2D eigenvalue weighted by molar-refractivity contribution is 9.10. The van der Waals surface area contributed by atoms with Crippen molar-refractivity contribution in [3.8, 4) is 11.5 Å². The van der Waals surface area contributed by atoms with Crippen molar-refractivity contribution in [2.24, 2.45) is 0 Å². The first-order chi connectivity index (χ1) is 18.3. The number of benzene rings is 3. The Morgan fingerprint density at radius 2 is 1.76 bits per heavy atom. The van der Waals surface area contributed by atoms with Gasteiger partial charge in [-0.15, -0.1) is 0 Å². The zero-order valence-corrected chi connectivity index (χ0v) is 22.8. The van der Waals surface area contributed by atoms with Crippen molar-refractivity contribution >= 4 is 33.4 Å². The van der Waals surface area contributed by atoms with E-state index in [0.717, 1.165) is 22.0 Å². The summed E-state index contributed by atoms with van der Waals surface area (Å²) in [6.07, 6.45) is 1.08. The molecule has 0 aliphatic rings. The van der Waals surface area contributed by atoms with E-state index in [1.54, 1.807) is 0 Å². The van der Waals surface area contributed by atoms with Crippen LogP contribution in [0.2, 0.25) is 0 Å². The number of methoxy groups -OCH3 is 1. The van der Waals surface area contributed by atoms with Crippen LogP contribution in [0.5, 0.6) is 11.5 Å². The van der Waals surface area contributed by atoms with Gasteiger partial charge < -0.3 is 19.7 Å². The molecule has 0 radical (unpaired) electrons. The molecule has 0 aliphatic heterocycles. The Balaban J connectivity index is 1.89. The van der Waals surface area contributed by atoms with Gasteiger partial charge in [0.25, 0.3) is 5.91 Å². The van der Waals surface area contributed by atoms with Crippen LogP contribution in [0.15, 0.2) is 77.3 Å². The molecule has 9 nitrogen and oxygen atoms in total. The number of nitro benzene ring substituents is 1. The molecule has 0 unspecified atom stereocenters. The van der Waals surface area contributed by atoms with Crippen LogP contribution in [0, 0.1) is 10.1 Å². The van der Waals surface area contributed by atoms with Crippen LogP contribution in [-0.4, -0.2) is 47.9 Å². The summed E-state index contributed by atoms with van der Waals surface area (Å²) in [7, 11) is 1.32. The minimum absolute atomic E-state index is 0.0209. The van der Waals surface area contributed by atoms with Crippen molar-refractivity contribution in [2.45, 2.75) is 32.4 Å². The smallest absolute Gasteiger partial charge is 0.311 e. The van der Waals surface area contributed by atoms with E-state index in [1.807, 2.05) is 61.5 Å². The Hall–Kier alpha value is -3.92. The van der Waals surface area contributed by atoms with Gasteiger partial charge in [0, 0.05) is 36.1 Å². The Morgan fingerprint density at radius 1 is 1.05 bits per heavy atom. The first-order valence-corrected chi connectivity index (χ1v) is 12.9. The first-order valence-electron chi connectivity index (χ1n) is 12.1. The predicted molar refractivity (Wildman–Crippen MR) is 147 cm³/mol. The van der Waals surface area contributed by atoms with Crippen molar-refractivity contribution in [1.29, 1.82) is 0 Å². The standard InChI is InChI=1S/C28H30BrN3O6/c1-3-15-30-28(34)25(16-20-7-5-4-6-8-20)31(18-21-9-11-22(29)12-10-21)27(33)19-38-23-13-14-24(32(35)36)26(17-23)37-2/h4-14,17,25H,3,15-16,18-19H2,1-2H3,(H,30,34)/t25-/m1/s1. The third kappa shape index (κ3) is 8.04. The molecule has 1 atom stereocenters. The average molecular weight is 584 g/mol. The summed E-state index contributed by atoms with van der Waals surface area (Å²) in [5.41, 5.74) is 1.55. The summed E-state index contributed by atoms with van der Waals surface area (Å²) in [5, 5.41) is 14.1. The van der Waals surface area contributed by atoms with Gasteiger partial charge in [0.2, 0.25) is 11.7 Å². The highest BCUT2D eigenvalue weighted by Crippen LogP contribution is 2.31. The van der Waals surface area contributed by atoms with E-state index in [1.165, 1.54) is 30.2 Å². The molecule has 2 amide bonds. The zero-order chi connectivity index (χ0) is 27.5. The summed E-state index contributed by atoms with van der Waals surface area (Å²) >= 11 is 3.42. The van der Waals surface area contributed by atoms with E-state index in [-0.39, 0.29) is 36.2 Å². The number of hydrogen-bond acceptors (Lipinski definition) is 6. The summed E-state index contributed by atoms with van der Waals surface area (Å²) < 4.78 is 11.7. The number of ether oxygens (including phenoxy) is 2. The predicted octanol–water partition coefficient (Wildman–Crippen LogP) is 4.91. The van der Waals surface area contributed by atoms with Gasteiger partial charge >= 0.3 is 5.69 Å². The average Bonchev–Trinajstić information content (AvgIpc) is 2.93. The summed E-state index contributed by atoms with van der Waals surface area (Å²) in [6, 6.07) is 20.3. The maximum Gasteiger partial charge on any atom is 0.311 e. The number of hydrogen-bond donors (Lipinski definition) is 1. The fourth-order valence-corrected chi connectivity index (χ4v) is 4.10. The normalized spacial score (nSPS) is 11.3. The molecule has 0 spiro atoms. The van der Waals surface area contributed by atoms with E-state index in [9.17, 15) is 19.7 Å². The van der Waals surface area contributed by atoms with Crippen LogP contribution in [0.3, 0.4) is 0 Å². The fourth-order valence-electron chi connectivity index (χ4n) is 3.83. The highest BCUT2D eigenvalue weighted by atomic mass is 79.9. The Bertz CT molecular complexity index is 1240. The maximum atomic E-state index is 13.6. The topological polar surface area (TPSA) is 111 Å². The number of amides is 2. The zero-order valence-electron chi connectivity index (χ0n) is 21.3. The van der Waals surface area contributed by atoms with Crippen LogP contribution >= 0.6 is 15.9 Å². The summed E-state index contributed by atoms with van der Waals surface area (Å²) in [5.74, 6) is -0.400. The van der Waals surface area contributed by atoms with E-state index < -0.39 is 16.9 Å². The molecule has 0 saturated carbocycles. The van der Waals surface area contributed by atoms with Crippen molar-refractivity contribution in [3.63, 3.8) is 0 Å². The molecular formula is C28H30BrN3O6. The number of halogens is 1.